The van der Waals surface area contributed by atoms with Gasteiger partial charge in [-0.1, -0.05) is 45.2 Å². The Morgan fingerprint density at radius 1 is 1.09 bits per heavy atom. The molecule has 2 heterocycles. The number of aromatic nitrogens is 1. The molecule has 1 spiro atoms. The molecule has 0 radical (unpaired) electrons. The number of hydrogen-bond acceptors (Lipinski definition) is 3. The van der Waals surface area contributed by atoms with Crippen molar-refractivity contribution < 1.29 is 4.42 Å². The third-order valence-corrected chi connectivity index (χ3v) is 5.60. The van der Waals surface area contributed by atoms with E-state index in [-0.39, 0.29) is 11.0 Å². The van der Waals surface area contributed by atoms with Crippen LogP contribution in [0.5, 0.6) is 0 Å². The lowest BCUT2D eigenvalue weighted by atomic mass is 9.65. The van der Waals surface area contributed by atoms with Crippen molar-refractivity contribution in [3.05, 3.63) is 44.7 Å². The van der Waals surface area contributed by atoms with E-state index < -0.39 is 11.4 Å². The lowest BCUT2D eigenvalue weighted by molar-refractivity contribution is 0.121. The zero-order chi connectivity index (χ0) is 15.5. The summed E-state index contributed by atoms with van der Waals surface area (Å²) in [6, 6.07) is 5.72. The molecule has 0 unspecified atom stereocenters. The highest BCUT2D eigenvalue weighted by Crippen LogP contribution is 2.49. The molecule has 2 aromatic rings. The fraction of sp³-hybridized carbons (Fsp3) is 0.556. The molecule has 1 aromatic carbocycles. The van der Waals surface area contributed by atoms with Gasteiger partial charge in [0.25, 0.3) is 0 Å². The second kappa shape index (κ2) is 4.34. The Hall–Kier alpha value is -1.84. The molecule has 4 rings (SSSR count). The Bertz CT molecular complexity index is 866. The average molecular weight is 299 g/mol. The molecule has 2 aliphatic rings. The first-order valence-corrected chi connectivity index (χ1v) is 8.15. The van der Waals surface area contributed by atoms with Crippen LogP contribution in [0.1, 0.15) is 57.9 Å². The number of hydrogen-bond donors (Lipinski definition) is 0. The Morgan fingerprint density at radius 2 is 1.82 bits per heavy atom. The molecule has 4 nitrogen and oxygen atoms in total. The van der Waals surface area contributed by atoms with Crippen LogP contribution in [0.25, 0.3) is 10.9 Å². The monoisotopic (exact) mass is 299 g/mol. The van der Waals surface area contributed by atoms with Gasteiger partial charge in [0.05, 0.1) is 16.4 Å². The maximum Gasteiger partial charge on any atom is 0.422 e. The van der Waals surface area contributed by atoms with Crippen LogP contribution in [0.2, 0.25) is 0 Å². The number of para-hydroxylation sites is 1. The topological polar surface area (TPSA) is 52.2 Å². The second-order valence-electron chi connectivity index (χ2n) is 7.54. The van der Waals surface area contributed by atoms with Crippen molar-refractivity contribution in [3.8, 4) is 0 Å². The van der Waals surface area contributed by atoms with Crippen molar-refractivity contribution in [1.82, 2.24) is 4.57 Å². The second-order valence-corrected chi connectivity index (χ2v) is 7.54. The summed E-state index contributed by atoms with van der Waals surface area (Å²) in [5.41, 5.74) is 1.15. The van der Waals surface area contributed by atoms with Crippen molar-refractivity contribution in [2.24, 2.45) is 0 Å². The Labute approximate surface area is 128 Å². The smallest absolute Gasteiger partial charge is 0.372 e. The molecule has 1 aliphatic carbocycles. The summed E-state index contributed by atoms with van der Waals surface area (Å²) in [7, 11) is 0. The van der Waals surface area contributed by atoms with Crippen LogP contribution in [-0.2, 0) is 11.0 Å². The Balaban J connectivity index is 2.19. The number of fused-ring (bicyclic) bond motifs is 1. The van der Waals surface area contributed by atoms with Crippen molar-refractivity contribution in [3.63, 3.8) is 0 Å². The summed E-state index contributed by atoms with van der Waals surface area (Å²) in [6.45, 7) is 4.45. The molecule has 0 amide bonds. The highest BCUT2D eigenvalue weighted by Gasteiger charge is 2.46. The highest BCUT2D eigenvalue weighted by molar-refractivity contribution is 5.83. The van der Waals surface area contributed by atoms with E-state index in [4.69, 9.17) is 4.42 Å². The lowest BCUT2D eigenvalue weighted by Crippen LogP contribution is -2.50. The molecule has 1 aliphatic heterocycles. The van der Waals surface area contributed by atoms with Gasteiger partial charge < -0.3 is 4.42 Å². The van der Waals surface area contributed by atoms with Crippen molar-refractivity contribution in [1.29, 1.82) is 0 Å². The van der Waals surface area contributed by atoms with Gasteiger partial charge in [0.15, 0.2) is 0 Å². The van der Waals surface area contributed by atoms with Crippen LogP contribution in [0.3, 0.4) is 0 Å². The maximum absolute atomic E-state index is 12.6. The largest absolute Gasteiger partial charge is 0.422 e. The van der Waals surface area contributed by atoms with E-state index >= 15 is 0 Å². The van der Waals surface area contributed by atoms with Gasteiger partial charge in [-0.25, -0.2) is 9.59 Å². The number of rotatable bonds is 0. The molecular formula is C18H21NO3. The molecule has 0 N–H and O–H groups in total. The molecule has 0 atom stereocenters. The van der Waals surface area contributed by atoms with E-state index in [0.717, 1.165) is 43.2 Å². The summed E-state index contributed by atoms with van der Waals surface area (Å²) >= 11 is 0. The van der Waals surface area contributed by atoms with Gasteiger partial charge in [0, 0.05) is 0 Å². The van der Waals surface area contributed by atoms with Gasteiger partial charge in [-0.15, -0.1) is 0 Å². The van der Waals surface area contributed by atoms with E-state index in [2.05, 4.69) is 13.8 Å². The summed E-state index contributed by atoms with van der Waals surface area (Å²) in [4.78, 5) is 24.7. The van der Waals surface area contributed by atoms with Gasteiger partial charge in [-0.3, -0.25) is 4.57 Å². The average Bonchev–Trinajstić information content (AvgIpc) is 2.46. The number of nitrogens with zero attached hydrogens (tertiary/aromatic N) is 1. The number of benzene rings is 1. The summed E-state index contributed by atoms with van der Waals surface area (Å²) < 4.78 is 6.87. The summed E-state index contributed by atoms with van der Waals surface area (Å²) in [5, 5.41) is 0.537. The zero-order valence-electron chi connectivity index (χ0n) is 13.1. The minimum absolute atomic E-state index is 0.0446. The Kier molecular flexibility index (Phi) is 2.72. The molecule has 4 heteroatoms. The van der Waals surface area contributed by atoms with Crippen molar-refractivity contribution in [2.75, 3.05) is 0 Å². The SMILES string of the molecule is CC1(C)CC2(CCCCC2)n2c(=O)oc(=O)c3cccc1c32. The van der Waals surface area contributed by atoms with E-state index in [9.17, 15) is 9.59 Å². The van der Waals surface area contributed by atoms with Crippen LogP contribution in [-0.4, -0.2) is 4.57 Å². The highest BCUT2D eigenvalue weighted by atomic mass is 16.4. The third kappa shape index (κ3) is 1.70. The van der Waals surface area contributed by atoms with E-state index in [1.54, 1.807) is 6.07 Å². The van der Waals surface area contributed by atoms with Crippen LogP contribution in [0, 0.1) is 0 Å². The maximum atomic E-state index is 12.6. The molecule has 1 saturated carbocycles. The standard InChI is InChI=1S/C18H21NO3/c1-17(2)11-18(9-4-3-5-10-18)19-14-12(7-6-8-13(14)17)15(20)22-16(19)21/h6-8H,3-5,9-11H2,1-2H3. The van der Waals surface area contributed by atoms with Gasteiger partial charge in [0.1, 0.15) is 0 Å². The van der Waals surface area contributed by atoms with Crippen LogP contribution in [0.4, 0.5) is 0 Å². The first-order chi connectivity index (χ1) is 10.4. The normalized spacial score (nSPS) is 22.1. The van der Waals surface area contributed by atoms with E-state index in [0.29, 0.717) is 5.39 Å². The molecule has 22 heavy (non-hydrogen) atoms. The zero-order valence-corrected chi connectivity index (χ0v) is 13.1. The third-order valence-electron chi connectivity index (χ3n) is 5.60. The molecule has 1 aromatic heterocycles. The predicted molar refractivity (Wildman–Crippen MR) is 85.4 cm³/mol. The quantitative estimate of drug-likeness (QED) is 0.750. The Morgan fingerprint density at radius 3 is 2.55 bits per heavy atom. The van der Waals surface area contributed by atoms with Gasteiger partial charge in [-0.2, -0.15) is 0 Å². The fourth-order valence-electron chi connectivity index (χ4n) is 4.80. The van der Waals surface area contributed by atoms with E-state index in [1.165, 1.54) is 6.42 Å². The molecule has 116 valence electrons. The minimum atomic E-state index is -0.512. The molecule has 0 bridgehead atoms. The summed E-state index contributed by atoms with van der Waals surface area (Å²) in [5.74, 6) is -0.484. The van der Waals surface area contributed by atoms with Gasteiger partial charge in [-0.05, 0) is 36.3 Å². The molecular weight excluding hydrogens is 278 g/mol. The van der Waals surface area contributed by atoms with Gasteiger partial charge in [0.2, 0.25) is 0 Å². The summed E-state index contributed by atoms with van der Waals surface area (Å²) in [6.07, 6.45) is 6.40. The molecule has 1 fully saturated rings. The lowest BCUT2D eigenvalue weighted by Gasteiger charge is -2.48. The minimum Gasteiger partial charge on any atom is -0.372 e. The van der Waals surface area contributed by atoms with Crippen LogP contribution >= 0.6 is 0 Å². The predicted octanol–water partition coefficient (Wildman–Crippen LogP) is 3.30. The van der Waals surface area contributed by atoms with Crippen LogP contribution in [0.15, 0.2) is 32.2 Å². The first-order valence-electron chi connectivity index (χ1n) is 8.15. The van der Waals surface area contributed by atoms with E-state index in [1.807, 2.05) is 16.7 Å². The fourth-order valence-corrected chi connectivity index (χ4v) is 4.80. The van der Waals surface area contributed by atoms with Crippen LogP contribution < -0.4 is 11.4 Å². The van der Waals surface area contributed by atoms with Gasteiger partial charge >= 0.3 is 11.4 Å². The van der Waals surface area contributed by atoms with Crippen molar-refractivity contribution >= 4 is 10.9 Å². The first kappa shape index (κ1) is 13.8. The molecule has 0 saturated heterocycles. The van der Waals surface area contributed by atoms with Crippen molar-refractivity contribution in [2.45, 2.75) is 63.3 Å².